The van der Waals surface area contributed by atoms with Gasteiger partial charge in [-0.2, -0.15) is 16.8 Å². The summed E-state index contributed by atoms with van der Waals surface area (Å²) in [7, 11) is -10.7. The normalized spacial score (nSPS) is 13.7. The average molecular weight is 802 g/mol. The Labute approximate surface area is 239 Å². The third kappa shape index (κ3) is 50.7. The summed E-state index contributed by atoms with van der Waals surface area (Å²) >= 11 is -12.2. The molecule has 1 radical (unpaired) electrons. The Balaban J connectivity index is -0.0000000882. The minimum atomic E-state index is -5.38. The molecule has 0 heterocycles. The van der Waals surface area contributed by atoms with E-state index in [9.17, 15) is 34.4 Å². The van der Waals surface area contributed by atoms with Gasteiger partial charge in [0.25, 0.3) is 0 Å². The second-order valence-electron chi connectivity index (χ2n) is 2.33. The molecule has 0 fully saturated rings. The van der Waals surface area contributed by atoms with Crippen molar-refractivity contribution < 1.29 is 175 Å². The van der Waals surface area contributed by atoms with E-state index in [1.807, 2.05) is 0 Å². The van der Waals surface area contributed by atoms with Crippen LogP contribution >= 0.6 is 0 Å². The van der Waals surface area contributed by atoms with Gasteiger partial charge in [-0.1, -0.05) is 13.0 Å². The fourth-order valence-electron chi connectivity index (χ4n) is 0.227. The Bertz CT molecular complexity index is 725. The molecule has 0 aromatic carbocycles. The van der Waals surface area contributed by atoms with E-state index in [0.29, 0.717) is 0 Å². The standard InChI is InChI=1S/4Fe.H2O16S4.2H2O4S/c;;;;1-17(2)11-9-10-13-19(5,6)15-16-20(7,8)14-12-18(3)4;2*1-4-5(2)3/h;;;;(H,1,2)(H,3,4);2*1H,(H,2,3)/q;;;+3;;;/p-4. The predicted octanol–water partition coefficient (Wildman–Crippen LogP) is -4.70. The SMILES string of the molecule is O=S([O-])OO.O=S([O-])OO.O=S([O-])OOOOS(=O)(=O)OOS(=O)(=O)OOS(=O)[O-].[Fe+3].[Fe].[Fe].[Fe]. The van der Waals surface area contributed by atoms with Gasteiger partial charge in [0.1, 0.15) is 45.4 Å². The van der Waals surface area contributed by atoms with Crippen LogP contribution in [0.2, 0.25) is 0 Å². The van der Waals surface area contributed by atoms with Crippen molar-refractivity contribution in [2.75, 3.05) is 0 Å². The van der Waals surface area contributed by atoms with Crippen molar-refractivity contribution >= 4 is 66.2 Å². The van der Waals surface area contributed by atoms with Crippen molar-refractivity contribution in [2.24, 2.45) is 0 Å². The third-order valence-electron chi connectivity index (χ3n) is 0.705. The van der Waals surface area contributed by atoms with Crippen molar-refractivity contribution in [3.8, 4) is 0 Å². The first-order chi connectivity index (χ1) is 13.6. The smallest absolute Gasteiger partial charge is 0.748 e. The largest absolute Gasteiger partial charge is 3.00 e. The Morgan fingerprint density at radius 2 is 0.824 bits per heavy atom. The molecular weight excluding hydrogens is 800 g/mol. The number of hydrogen-bond donors (Lipinski definition) is 2. The van der Waals surface area contributed by atoms with Crippen LogP contribution in [-0.2, 0) is 179 Å². The average Bonchev–Trinajstić information content (AvgIpc) is 2.63. The van der Waals surface area contributed by atoms with Gasteiger partial charge in [-0.3, -0.25) is 0 Å². The molecule has 4 atom stereocenters. The van der Waals surface area contributed by atoms with Crippen LogP contribution in [0.3, 0.4) is 0 Å². The molecular formula is H2Fe4O24S6-. The molecule has 34 heavy (non-hydrogen) atoms. The minimum absolute atomic E-state index is 0. The molecule has 0 bridgehead atoms. The first-order valence-electron chi connectivity index (χ1n) is 4.53. The Kier molecular flexibility index (Phi) is 48.0. The van der Waals surface area contributed by atoms with Gasteiger partial charge in [-0.25, -0.2) is 27.4 Å². The number of rotatable bonds is 13. The van der Waals surface area contributed by atoms with Crippen LogP contribution in [0.1, 0.15) is 0 Å². The third-order valence-corrected chi connectivity index (χ3v) is 2.39. The van der Waals surface area contributed by atoms with E-state index in [4.69, 9.17) is 28.0 Å². The predicted molar refractivity (Wildman–Crippen MR) is 69.6 cm³/mol. The molecule has 0 aromatic rings. The van der Waals surface area contributed by atoms with Gasteiger partial charge in [0, 0.05) is 51.2 Å². The van der Waals surface area contributed by atoms with E-state index in [0.717, 1.165) is 0 Å². The molecule has 0 aromatic heterocycles. The monoisotopic (exact) mass is 801 g/mol. The molecule has 4 unspecified atom stereocenters. The molecule has 0 saturated heterocycles. The van der Waals surface area contributed by atoms with Gasteiger partial charge in [0.2, 0.25) is 0 Å². The van der Waals surface area contributed by atoms with Crippen molar-refractivity contribution in [3.05, 3.63) is 0 Å². The van der Waals surface area contributed by atoms with E-state index in [1.54, 1.807) is 0 Å². The Hall–Kier alpha value is 1.94. The first kappa shape index (κ1) is 52.4. The summed E-state index contributed by atoms with van der Waals surface area (Å²) in [5.41, 5.74) is 0. The summed E-state index contributed by atoms with van der Waals surface area (Å²) in [5.74, 6) is 0. The molecule has 0 aliphatic heterocycles. The van der Waals surface area contributed by atoms with Gasteiger partial charge >= 0.3 is 37.9 Å². The van der Waals surface area contributed by atoms with Gasteiger partial charge in [0.05, 0.1) is 0 Å². The fourth-order valence-corrected chi connectivity index (χ4v) is 1.43. The van der Waals surface area contributed by atoms with E-state index >= 15 is 0 Å². The summed E-state index contributed by atoms with van der Waals surface area (Å²) in [6, 6.07) is 0. The second kappa shape index (κ2) is 31.2. The summed E-state index contributed by atoms with van der Waals surface area (Å²) in [4.78, 5) is 0. The van der Waals surface area contributed by atoms with Gasteiger partial charge in [-0.05, 0) is 14.4 Å². The summed E-state index contributed by atoms with van der Waals surface area (Å²) in [5, 5.41) is 20.3. The fraction of sp³-hybridized carbons (Fsp3) is 0. The maximum Gasteiger partial charge on any atom is 3.00 e. The molecule has 24 nitrogen and oxygen atoms in total. The van der Waals surface area contributed by atoms with Crippen LogP contribution in [0.5, 0.6) is 0 Å². The van der Waals surface area contributed by atoms with E-state index < -0.39 is 66.2 Å². The molecule has 0 saturated carbocycles. The molecule has 0 rings (SSSR count). The second-order valence-corrected chi connectivity index (χ2v) is 6.71. The van der Waals surface area contributed by atoms with Crippen molar-refractivity contribution in [1.82, 2.24) is 0 Å². The summed E-state index contributed by atoms with van der Waals surface area (Å²) in [6.45, 7) is 0. The number of hydrogen-bond acceptors (Lipinski definition) is 24. The molecule has 215 valence electrons. The zero-order valence-corrected chi connectivity index (χ0v) is 23.1. The Morgan fingerprint density at radius 1 is 0.529 bits per heavy atom. The summed E-state index contributed by atoms with van der Waals surface area (Å²) < 4.78 is 140. The van der Waals surface area contributed by atoms with Gasteiger partial charge in [-0.15, -0.1) is 17.3 Å². The van der Waals surface area contributed by atoms with Crippen molar-refractivity contribution in [1.29, 1.82) is 0 Å². The molecule has 0 spiro atoms. The van der Waals surface area contributed by atoms with Crippen LogP contribution in [0.4, 0.5) is 0 Å². The van der Waals surface area contributed by atoms with Crippen LogP contribution in [0, 0.1) is 0 Å². The molecule has 0 aliphatic rings. The zero-order valence-electron chi connectivity index (χ0n) is 13.7. The van der Waals surface area contributed by atoms with Crippen LogP contribution in [-0.4, -0.2) is 62.4 Å². The van der Waals surface area contributed by atoms with E-state index in [-0.39, 0.29) is 68.3 Å². The molecule has 0 amide bonds. The zero-order chi connectivity index (χ0) is 24.4. The maximum atomic E-state index is 10.6. The molecule has 34 heteroatoms. The molecule has 2 N–H and O–H groups in total. The van der Waals surface area contributed by atoms with Gasteiger partial charge < -0.3 is 18.2 Å². The van der Waals surface area contributed by atoms with Crippen molar-refractivity contribution in [3.63, 3.8) is 0 Å². The maximum absolute atomic E-state index is 10.6. The van der Waals surface area contributed by atoms with Crippen molar-refractivity contribution in [2.45, 2.75) is 0 Å². The van der Waals surface area contributed by atoms with Crippen LogP contribution in [0.15, 0.2) is 0 Å². The van der Waals surface area contributed by atoms with Crippen LogP contribution in [0.25, 0.3) is 0 Å². The van der Waals surface area contributed by atoms with Gasteiger partial charge in [0.15, 0.2) is 0 Å². The Morgan fingerprint density at radius 3 is 1.09 bits per heavy atom. The molecule has 0 aliphatic carbocycles. The first-order valence-corrected chi connectivity index (χ1v) is 11.2. The summed E-state index contributed by atoms with van der Waals surface area (Å²) in [6.07, 6.45) is 0. The quantitative estimate of drug-likeness (QED) is 0.0581. The topological polar surface area (TPSA) is 362 Å². The van der Waals surface area contributed by atoms with Crippen LogP contribution < -0.4 is 0 Å². The van der Waals surface area contributed by atoms with E-state index in [2.05, 4.69) is 44.7 Å². The van der Waals surface area contributed by atoms with E-state index in [1.165, 1.54) is 0 Å². The minimum Gasteiger partial charge on any atom is -0.748 e.